The zero-order valence-corrected chi connectivity index (χ0v) is 14.5. The van der Waals surface area contributed by atoms with Crippen molar-refractivity contribution in [2.75, 3.05) is 25.0 Å². The minimum absolute atomic E-state index is 0.831. The zero-order valence-electron chi connectivity index (χ0n) is 12.9. The van der Waals surface area contributed by atoms with Crippen molar-refractivity contribution in [1.82, 2.24) is 4.90 Å². The van der Waals surface area contributed by atoms with Crippen molar-refractivity contribution in [2.24, 2.45) is 0 Å². The van der Waals surface area contributed by atoms with Crippen LogP contribution in [-0.2, 0) is 6.54 Å². The Morgan fingerprint density at radius 2 is 1.60 bits per heavy atom. The van der Waals surface area contributed by atoms with Gasteiger partial charge in [-0.2, -0.15) is 0 Å². The first-order valence-corrected chi connectivity index (χ1v) is 8.92. The third-order valence-electron chi connectivity index (χ3n) is 3.52. The number of halogens is 1. The molecule has 0 amide bonds. The lowest BCUT2D eigenvalue weighted by molar-refractivity contribution is 0.294. The summed E-state index contributed by atoms with van der Waals surface area (Å²) in [5.41, 5.74) is 1.36. The summed E-state index contributed by atoms with van der Waals surface area (Å²) < 4.78 is 5.77. The van der Waals surface area contributed by atoms with E-state index in [-0.39, 0.29) is 0 Å². The van der Waals surface area contributed by atoms with Crippen LogP contribution in [0.3, 0.4) is 0 Å². The minimum Gasteiger partial charge on any atom is -0.494 e. The van der Waals surface area contributed by atoms with Crippen LogP contribution in [-0.4, -0.2) is 29.9 Å². The van der Waals surface area contributed by atoms with E-state index < -0.39 is 0 Å². The second-order valence-electron chi connectivity index (χ2n) is 5.06. The van der Waals surface area contributed by atoms with Gasteiger partial charge in [0.2, 0.25) is 0 Å². The molecular formula is C17H28BrNO. The normalized spacial score (nSPS) is 11.0. The topological polar surface area (TPSA) is 12.5 Å². The molecule has 1 aromatic carbocycles. The molecule has 114 valence electrons. The fraction of sp³-hybridized carbons (Fsp3) is 0.647. The molecule has 0 spiro atoms. The van der Waals surface area contributed by atoms with E-state index in [2.05, 4.69) is 58.9 Å². The van der Waals surface area contributed by atoms with Crippen molar-refractivity contribution in [3.8, 4) is 5.75 Å². The summed E-state index contributed by atoms with van der Waals surface area (Å²) >= 11 is 3.45. The Balaban J connectivity index is 2.24. The summed E-state index contributed by atoms with van der Waals surface area (Å²) in [6.45, 7) is 8.47. The fourth-order valence-electron chi connectivity index (χ4n) is 2.14. The monoisotopic (exact) mass is 341 g/mol. The molecule has 0 saturated carbocycles. The molecule has 0 radical (unpaired) electrons. The molecule has 3 heteroatoms. The summed E-state index contributed by atoms with van der Waals surface area (Å²) in [6, 6.07) is 8.55. The Labute approximate surface area is 132 Å². The molecule has 1 rings (SSSR count). The number of rotatable bonds is 11. The molecular weight excluding hydrogens is 314 g/mol. The van der Waals surface area contributed by atoms with E-state index in [0.717, 1.165) is 43.7 Å². The van der Waals surface area contributed by atoms with Gasteiger partial charge in [-0.05, 0) is 43.6 Å². The van der Waals surface area contributed by atoms with E-state index in [9.17, 15) is 0 Å². The SMILES string of the molecule is CCN(CC)Cc1ccc(OCCCCCCBr)cc1. The number of alkyl halides is 1. The summed E-state index contributed by atoms with van der Waals surface area (Å²) in [5.74, 6) is 0.994. The highest BCUT2D eigenvalue weighted by molar-refractivity contribution is 9.09. The number of hydrogen-bond acceptors (Lipinski definition) is 2. The second kappa shape index (κ2) is 11.2. The maximum atomic E-state index is 5.77. The van der Waals surface area contributed by atoms with Crippen LogP contribution in [0.1, 0.15) is 45.1 Å². The Bertz CT molecular complexity index is 335. The van der Waals surface area contributed by atoms with Crippen molar-refractivity contribution in [3.63, 3.8) is 0 Å². The van der Waals surface area contributed by atoms with Crippen LogP contribution >= 0.6 is 15.9 Å². The van der Waals surface area contributed by atoms with Gasteiger partial charge in [0, 0.05) is 11.9 Å². The van der Waals surface area contributed by atoms with Crippen molar-refractivity contribution in [2.45, 2.75) is 46.1 Å². The summed E-state index contributed by atoms with van der Waals surface area (Å²) in [6.07, 6.45) is 4.96. The maximum absolute atomic E-state index is 5.77. The van der Waals surface area contributed by atoms with Crippen molar-refractivity contribution < 1.29 is 4.74 Å². The number of hydrogen-bond donors (Lipinski definition) is 0. The largest absolute Gasteiger partial charge is 0.494 e. The molecule has 2 nitrogen and oxygen atoms in total. The smallest absolute Gasteiger partial charge is 0.119 e. The molecule has 0 aliphatic heterocycles. The van der Waals surface area contributed by atoms with E-state index in [1.165, 1.54) is 24.8 Å². The van der Waals surface area contributed by atoms with Crippen LogP contribution in [0, 0.1) is 0 Å². The summed E-state index contributed by atoms with van der Waals surface area (Å²) in [4.78, 5) is 2.42. The van der Waals surface area contributed by atoms with Gasteiger partial charge in [-0.15, -0.1) is 0 Å². The van der Waals surface area contributed by atoms with Gasteiger partial charge in [0.25, 0.3) is 0 Å². The van der Waals surface area contributed by atoms with Crippen LogP contribution in [0.15, 0.2) is 24.3 Å². The highest BCUT2D eigenvalue weighted by Crippen LogP contribution is 2.14. The van der Waals surface area contributed by atoms with E-state index in [1.54, 1.807) is 0 Å². The number of ether oxygens (including phenoxy) is 1. The molecule has 0 atom stereocenters. The fourth-order valence-corrected chi connectivity index (χ4v) is 2.53. The quantitative estimate of drug-likeness (QED) is 0.420. The minimum atomic E-state index is 0.831. The molecule has 0 aliphatic rings. The van der Waals surface area contributed by atoms with Crippen LogP contribution in [0.5, 0.6) is 5.75 Å². The number of nitrogens with zero attached hydrogens (tertiary/aromatic N) is 1. The first-order chi connectivity index (χ1) is 9.80. The molecule has 0 unspecified atom stereocenters. The van der Waals surface area contributed by atoms with Gasteiger partial charge in [0.15, 0.2) is 0 Å². The molecule has 0 heterocycles. The molecule has 0 aromatic heterocycles. The molecule has 0 saturated heterocycles. The Kier molecular flexibility index (Phi) is 9.77. The lowest BCUT2D eigenvalue weighted by atomic mass is 10.2. The van der Waals surface area contributed by atoms with Crippen molar-refractivity contribution in [1.29, 1.82) is 0 Å². The van der Waals surface area contributed by atoms with Crippen LogP contribution < -0.4 is 4.74 Å². The molecule has 0 N–H and O–H groups in total. The Morgan fingerprint density at radius 3 is 2.20 bits per heavy atom. The molecule has 0 bridgehead atoms. The number of benzene rings is 1. The Hall–Kier alpha value is -0.540. The third kappa shape index (κ3) is 7.30. The predicted octanol–water partition coefficient (Wildman–Crippen LogP) is 4.86. The van der Waals surface area contributed by atoms with Gasteiger partial charge < -0.3 is 4.74 Å². The van der Waals surface area contributed by atoms with Crippen LogP contribution in [0.2, 0.25) is 0 Å². The van der Waals surface area contributed by atoms with Crippen molar-refractivity contribution >= 4 is 15.9 Å². The van der Waals surface area contributed by atoms with Gasteiger partial charge in [-0.25, -0.2) is 0 Å². The van der Waals surface area contributed by atoms with Gasteiger partial charge >= 0.3 is 0 Å². The van der Waals surface area contributed by atoms with Crippen molar-refractivity contribution in [3.05, 3.63) is 29.8 Å². The maximum Gasteiger partial charge on any atom is 0.119 e. The summed E-state index contributed by atoms with van der Waals surface area (Å²) in [7, 11) is 0. The van der Waals surface area contributed by atoms with Gasteiger partial charge in [0.05, 0.1) is 6.61 Å². The zero-order chi connectivity index (χ0) is 14.6. The average molecular weight is 342 g/mol. The van der Waals surface area contributed by atoms with Gasteiger partial charge in [0.1, 0.15) is 5.75 Å². The standard InChI is InChI=1S/C17H28BrNO/c1-3-19(4-2)15-16-9-11-17(12-10-16)20-14-8-6-5-7-13-18/h9-12H,3-8,13-15H2,1-2H3. The van der Waals surface area contributed by atoms with Crippen LogP contribution in [0.4, 0.5) is 0 Å². The first kappa shape index (κ1) is 17.5. The molecule has 1 aromatic rings. The molecule has 20 heavy (non-hydrogen) atoms. The second-order valence-corrected chi connectivity index (χ2v) is 5.85. The third-order valence-corrected chi connectivity index (χ3v) is 4.08. The molecule has 0 fully saturated rings. The summed E-state index contributed by atoms with van der Waals surface area (Å²) in [5, 5.41) is 1.11. The van der Waals surface area contributed by atoms with Crippen LogP contribution in [0.25, 0.3) is 0 Å². The van der Waals surface area contributed by atoms with E-state index in [1.807, 2.05) is 0 Å². The Morgan fingerprint density at radius 1 is 0.950 bits per heavy atom. The average Bonchev–Trinajstić information content (AvgIpc) is 2.49. The highest BCUT2D eigenvalue weighted by atomic mass is 79.9. The lowest BCUT2D eigenvalue weighted by Crippen LogP contribution is -2.21. The molecule has 0 aliphatic carbocycles. The number of unbranched alkanes of at least 4 members (excludes halogenated alkanes) is 3. The highest BCUT2D eigenvalue weighted by Gasteiger charge is 2.01. The van der Waals surface area contributed by atoms with E-state index in [0.29, 0.717) is 0 Å². The van der Waals surface area contributed by atoms with E-state index >= 15 is 0 Å². The lowest BCUT2D eigenvalue weighted by Gasteiger charge is -2.18. The first-order valence-electron chi connectivity index (χ1n) is 7.80. The van der Waals surface area contributed by atoms with E-state index in [4.69, 9.17) is 4.74 Å². The van der Waals surface area contributed by atoms with Gasteiger partial charge in [-0.3, -0.25) is 4.90 Å². The predicted molar refractivity (Wildman–Crippen MR) is 90.8 cm³/mol. The van der Waals surface area contributed by atoms with Gasteiger partial charge in [-0.1, -0.05) is 54.8 Å².